The van der Waals surface area contributed by atoms with Crippen LogP contribution in [-0.4, -0.2) is 43.4 Å². The Morgan fingerprint density at radius 1 is 1.23 bits per heavy atom. The Morgan fingerprint density at radius 3 is 2.59 bits per heavy atom. The number of aryl methyl sites for hydroxylation is 1. The predicted octanol–water partition coefficient (Wildman–Crippen LogP) is 1.60. The Morgan fingerprint density at radius 2 is 1.95 bits per heavy atom. The van der Waals surface area contributed by atoms with E-state index in [0.717, 1.165) is 5.56 Å². The molecule has 0 saturated heterocycles. The van der Waals surface area contributed by atoms with Crippen molar-refractivity contribution in [2.24, 2.45) is 0 Å². The first-order chi connectivity index (χ1) is 10.4. The lowest BCUT2D eigenvalue weighted by atomic mass is 10.1. The number of nitrogens with one attached hydrogen (secondary N) is 1. The van der Waals surface area contributed by atoms with Crippen molar-refractivity contribution in [2.75, 3.05) is 26.0 Å². The van der Waals surface area contributed by atoms with Gasteiger partial charge in [0.2, 0.25) is 11.8 Å². The molecule has 0 aliphatic carbocycles. The van der Waals surface area contributed by atoms with E-state index >= 15 is 0 Å². The summed E-state index contributed by atoms with van der Waals surface area (Å²) in [6, 6.07) is 7.23. The minimum Gasteiger partial charge on any atom is -0.466 e. The van der Waals surface area contributed by atoms with Gasteiger partial charge in [0.15, 0.2) is 0 Å². The van der Waals surface area contributed by atoms with Crippen molar-refractivity contribution in [2.45, 2.75) is 26.2 Å². The molecule has 0 fully saturated rings. The van der Waals surface area contributed by atoms with Crippen molar-refractivity contribution >= 4 is 23.5 Å². The van der Waals surface area contributed by atoms with Gasteiger partial charge in [0.1, 0.15) is 6.42 Å². The van der Waals surface area contributed by atoms with Gasteiger partial charge in [0.05, 0.1) is 6.61 Å². The van der Waals surface area contributed by atoms with Crippen molar-refractivity contribution < 1.29 is 19.1 Å². The topological polar surface area (TPSA) is 75.7 Å². The number of hydrogen-bond donors (Lipinski definition) is 1. The minimum atomic E-state index is -0.548. The van der Waals surface area contributed by atoms with E-state index in [4.69, 9.17) is 4.74 Å². The van der Waals surface area contributed by atoms with Gasteiger partial charge in [-0.25, -0.2) is 0 Å². The number of esters is 1. The summed E-state index contributed by atoms with van der Waals surface area (Å²) in [6.45, 7) is 1.94. The highest BCUT2D eigenvalue weighted by molar-refractivity contribution is 6.01. The first-order valence-corrected chi connectivity index (χ1v) is 7.17. The van der Waals surface area contributed by atoms with Crippen LogP contribution in [-0.2, 0) is 25.5 Å². The van der Waals surface area contributed by atoms with Gasteiger partial charge in [0.25, 0.3) is 0 Å². The molecule has 0 spiro atoms. The van der Waals surface area contributed by atoms with Crippen LogP contribution in [0.1, 0.15) is 25.3 Å². The summed E-state index contributed by atoms with van der Waals surface area (Å²) >= 11 is 0. The second-order valence-electron chi connectivity index (χ2n) is 5.02. The molecule has 2 amide bonds. The highest BCUT2D eigenvalue weighted by Gasteiger charge is 2.11. The van der Waals surface area contributed by atoms with E-state index in [1.165, 1.54) is 0 Å². The van der Waals surface area contributed by atoms with E-state index in [0.29, 0.717) is 18.5 Å². The Hall–Kier alpha value is -2.37. The quantitative estimate of drug-likeness (QED) is 0.613. The average molecular weight is 306 g/mol. The van der Waals surface area contributed by atoms with E-state index in [1.807, 2.05) is 6.07 Å². The molecule has 0 aromatic heterocycles. The summed E-state index contributed by atoms with van der Waals surface area (Å²) in [5.74, 6) is -0.913. The van der Waals surface area contributed by atoms with Gasteiger partial charge in [-0.1, -0.05) is 12.1 Å². The van der Waals surface area contributed by atoms with Crippen LogP contribution in [0.2, 0.25) is 0 Å². The van der Waals surface area contributed by atoms with Crippen LogP contribution in [0.3, 0.4) is 0 Å². The van der Waals surface area contributed by atoms with Crippen LogP contribution in [0.15, 0.2) is 24.3 Å². The Bertz CT molecular complexity index is 541. The van der Waals surface area contributed by atoms with E-state index < -0.39 is 11.9 Å². The second-order valence-corrected chi connectivity index (χ2v) is 5.02. The normalized spacial score (nSPS) is 9.95. The molecular weight excluding hydrogens is 284 g/mol. The van der Waals surface area contributed by atoms with Gasteiger partial charge >= 0.3 is 5.97 Å². The maximum absolute atomic E-state index is 11.7. The SMILES string of the molecule is CCOC(=O)CC(=O)Nc1cccc(CCC(=O)N(C)C)c1. The Labute approximate surface area is 130 Å². The summed E-state index contributed by atoms with van der Waals surface area (Å²) in [6.07, 6.45) is 0.697. The summed E-state index contributed by atoms with van der Waals surface area (Å²) in [7, 11) is 3.43. The first kappa shape index (κ1) is 17.7. The molecule has 1 aromatic carbocycles. The van der Waals surface area contributed by atoms with Crippen LogP contribution < -0.4 is 5.32 Å². The van der Waals surface area contributed by atoms with Gasteiger partial charge in [-0.2, -0.15) is 0 Å². The molecule has 0 unspecified atom stereocenters. The molecule has 0 saturated carbocycles. The molecule has 0 aliphatic heterocycles. The maximum atomic E-state index is 11.7. The molecule has 22 heavy (non-hydrogen) atoms. The zero-order valence-corrected chi connectivity index (χ0v) is 13.2. The van der Waals surface area contributed by atoms with Gasteiger partial charge in [0, 0.05) is 26.2 Å². The van der Waals surface area contributed by atoms with Crippen molar-refractivity contribution in [3.63, 3.8) is 0 Å². The molecule has 0 aliphatic rings. The number of carbonyl (C=O) groups is 3. The zero-order valence-electron chi connectivity index (χ0n) is 13.2. The number of ether oxygens (including phenoxy) is 1. The van der Waals surface area contributed by atoms with Crippen LogP contribution in [0.25, 0.3) is 0 Å². The smallest absolute Gasteiger partial charge is 0.315 e. The van der Waals surface area contributed by atoms with Crippen molar-refractivity contribution in [1.29, 1.82) is 0 Å². The second kappa shape index (κ2) is 8.81. The fourth-order valence-electron chi connectivity index (χ4n) is 1.83. The van der Waals surface area contributed by atoms with Crippen molar-refractivity contribution in [1.82, 2.24) is 4.90 Å². The largest absolute Gasteiger partial charge is 0.466 e. The van der Waals surface area contributed by atoms with Crippen LogP contribution in [0.5, 0.6) is 0 Å². The summed E-state index contributed by atoms with van der Waals surface area (Å²) in [4.78, 5) is 36.0. The fourth-order valence-corrected chi connectivity index (χ4v) is 1.83. The number of nitrogens with zero attached hydrogens (tertiary/aromatic N) is 1. The van der Waals surface area contributed by atoms with E-state index in [-0.39, 0.29) is 18.9 Å². The van der Waals surface area contributed by atoms with E-state index in [1.54, 1.807) is 44.1 Å². The van der Waals surface area contributed by atoms with Crippen molar-refractivity contribution in [3.05, 3.63) is 29.8 Å². The van der Waals surface area contributed by atoms with E-state index in [2.05, 4.69) is 5.32 Å². The molecule has 0 bridgehead atoms. The van der Waals surface area contributed by atoms with Crippen LogP contribution in [0.4, 0.5) is 5.69 Å². The Balaban J connectivity index is 2.55. The molecule has 1 aromatic rings. The minimum absolute atomic E-state index is 0.0525. The molecule has 0 radical (unpaired) electrons. The molecular formula is C16H22N2O4. The third-order valence-corrected chi connectivity index (χ3v) is 2.95. The number of benzene rings is 1. The molecule has 1 N–H and O–H groups in total. The number of rotatable bonds is 7. The summed E-state index contributed by atoms with van der Waals surface area (Å²) < 4.78 is 4.72. The summed E-state index contributed by atoms with van der Waals surface area (Å²) in [5.41, 5.74) is 1.55. The van der Waals surface area contributed by atoms with Gasteiger partial charge < -0.3 is 15.0 Å². The predicted molar refractivity (Wildman–Crippen MR) is 83.3 cm³/mol. The highest BCUT2D eigenvalue weighted by atomic mass is 16.5. The molecule has 6 heteroatoms. The highest BCUT2D eigenvalue weighted by Crippen LogP contribution is 2.13. The molecule has 0 atom stereocenters. The lowest BCUT2D eigenvalue weighted by Crippen LogP contribution is -2.21. The van der Waals surface area contributed by atoms with Gasteiger partial charge in [-0.3, -0.25) is 14.4 Å². The monoisotopic (exact) mass is 306 g/mol. The van der Waals surface area contributed by atoms with Crippen LogP contribution >= 0.6 is 0 Å². The molecule has 6 nitrogen and oxygen atoms in total. The zero-order chi connectivity index (χ0) is 16.5. The first-order valence-electron chi connectivity index (χ1n) is 7.17. The van der Waals surface area contributed by atoms with Gasteiger partial charge in [-0.15, -0.1) is 0 Å². The Kier molecular flexibility index (Phi) is 7.08. The summed E-state index contributed by atoms with van der Waals surface area (Å²) in [5, 5.41) is 2.65. The number of amides is 2. The molecule has 1 rings (SSSR count). The average Bonchev–Trinajstić information content (AvgIpc) is 2.45. The molecule has 120 valence electrons. The third kappa shape index (κ3) is 6.39. The number of carbonyl (C=O) groups excluding carboxylic acids is 3. The standard InChI is InChI=1S/C16H22N2O4/c1-4-22-16(21)11-14(19)17-13-7-5-6-12(10-13)8-9-15(20)18(2)3/h5-7,10H,4,8-9,11H2,1-3H3,(H,17,19). The maximum Gasteiger partial charge on any atom is 0.315 e. The third-order valence-electron chi connectivity index (χ3n) is 2.95. The number of anilines is 1. The van der Waals surface area contributed by atoms with E-state index in [9.17, 15) is 14.4 Å². The lowest BCUT2D eigenvalue weighted by Gasteiger charge is -2.10. The fraction of sp³-hybridized carbons (Fsp3) is 0.438. The molecule has 0 heterocycles. The van der Waals surface area contributed by atoms with Crippen molar-refractivity contribution in [3.8, 4) is 0 Å². The number of hydrogen-bond acceptors (Lipinski definition) is 4. The van der Waals surface area contributed by atoms with Gasteiger partial charge in [-0.05, 0) is 31.0 Å². The van der Waals surface area contributed by atoms with Crippen LogP contribution in [0, 0.1) is 0 Å². The lowest BCUT2D eigenvalue weighted by molar-refractivity contribution is -0.145.